The largest absolute Gasteiger partial charge is 0.481 e. The number of hydrogen-bond donors (Lipinski definition) is 2. The molecule has 1 aliphatic rings. The molecule has 1 aromatic rings. The highest BCUT2D eigenvalue weighted by molar-refractivity contribution is 5.85. The number of pyridine rings is 1. The topological polar surface area (TPSA) is 62.2 Å². The van der Waals surface area contributed by atoms with Gasteiger partial charge in [0.05, 0.1) is 5.92 Å². The summed E-state index contributed by atoms with van der Waals surface area (Å²) in [5, 5.41) is 12.1. The summed E-state index contributed by atoms with van der Waals surface area (Å²) in [4.78, 5) is 14.8. The van der Waals surface area contributed by atoms with Crippen LogP contribution in [0.5, 0.6) is 0 Å². The number of hydrogen-bond acceptors (Lipinski definition) is 3. The van der Waals surface area contributed by atoms with E-state index in [2.05, 4.69) is 10.3 Å². The Kier molecular flexibility index (Phi) is 6.33. The maximum Gasteiger partial charge on any atom is 0.308 e. The number of aromatic nitrogens is 1. The van der Waals surface area contributed by atoms with Crippen molar-refractivity contribution in [3.8, 4) is 0 Å². The van der Waals surface area contributed by atoms with Crippen LogP contribution in [0, 0.1) is 5.92 Å². The van der Waals surface area contributed by atoms with Gasteiger partial charge < -0.3 is 10.4 Å². The van der Waals surface area contributed by atoms with E-state index in [1.807, 2.05) is 12.1 Å². The highest BCUT2D eigenvalue weighted by atomic mass is 35.5. The minimum Gasteiger partial charge on any atom is -0.481 e. The van der Waals surface area contributed by atoms with Gasteiger partial charge in [-0.15, -0.1) is 24.8 Å². The first-order chi connectivity index (χ1) is 6.79. The minimum atomic E-state index is -0.725. The predicted octanol–water partition coefficient (Wildman–Crippen LogP) is 1.31. The molecule has 1 fully saturated rings. The van der Waals surface area contributed by atoms with E-state index in [1.54, 1.807) is 12.4 Å². The lowest BCUT2D eigenvalue weighted by Crippen LogP contribution is -2.20. The molecule has 0 amide bonds. The Balaban J connectivity index is 0.00000112. The molecule has 0 unspecified atom stereocenters. The maximum atomic E-state index is 10.9. The molecule has 0 radical (unpaired) electrons. The molecule has 1 aliphatic heterocycles. The molecule has 2 heterocycles. The molecule has 1 saturated heterocycles. The van der Waals surface area contributed by atoms with Crippen LogP contribution in [-0.2, 0) is 4.79 Å². The van der Waals surface area contributed by atoms with Crippen LogP contribution in [0.15, 0.2) is 24.5 Å². The van der Waals surface area contributed by atoms with E-state index in [0.717, 1.165) is 12.1 Å². The van der Waals surface area contributed by atoms with Gasteiger partial charge in [-0.25, -0.2) is 0 Å². The zero-order valence-corrected chi connectivity index (χ0v) is 10.1. The van der Waals surface area contributed by atoms with E-state index < -0.39 is 5.97 Å². The number of rotatable bonds is 2. The van der Waals surface area contributed by atoms with Crippen molar-refractivity contribution < 1.29 is 9.90 Å². The molecule has 4 nitrogen and oxygen atoms in total. The zero-order chi connectivity index (χ0) is 9.97. The van der Waals surface area contributed by atoms with Crippen LogP contribution in [0.3, 0.4) is 0 Å². The first-order valence-electron chi connectivity index (χ1n) is 4.62. The van der Waals surface area contributed by atoms with Gasteiger partial charge in [0.15, 0.2) is 0 Å². The summed E-state index contributed by atoms with van der Waals surface area (Å²) in [6, 6.07) is 3.77. The third-order valence-electron chi connectivity index (χ3n) is 2.67. The van der Waals surface area contributed by atoms with E-state index in [4.69, 9.17) is 5.11 Å². The molecule has 2 atom stereocenters. The first kappa shape index (κ1) is 15.2. The Hall–Kier alpha value is -0.840. The number of carbonyl (C=O) groups is 1. The summed E-state index contributed by atoms with van der Waals surface area (Å²) >= 11 is 0. The van der Waals surface area contributed by atoms with Crippen molar-refractivity contribution in [2.45, 2.75) is 5.92 Å². The van der Waals surface area contributed by atoms with E-state index in [-0.39, 0.29) is 36.6 Å². The third kappa shape index (κ3) is 3.07. The van der Waals surface area contributed by atoms with Crippen LogP contribution in [0.4, 0.5) is 0 Å². The van der Waals surface area contributed by atoms with Crippen molar-refractivity contribution in [3.05, 3.63) is 30.1 Å². The van der Waals surface area contributed by atoms with E-state index in [0.29, 0.717) is 6.54 Å². The summed E-state index contributed by atoms with van der Waals surface area (Å²) in [6.45, 7) is 1.29. The van der Waals surface area contributed by atoms with Gasteiger partial charge in [0.1, 0.15) is 0 Å². The second-order valence-electron chi connectivity index (χ2n) is 3.49. The summed E-state index contributed by atoms with van der Waals surface area (Å²) in [5.41, 5.74) is 1.05. The van der Waals surface area contributed by atoms with Gasteiger partial charge in [-0.05, 0) is 17.7 Å². The lowest BCUT2D eigenvalue weighted by atomic mass is 9.90. The van der Waals surface area contributed by atoms with E-state index >= 15 is 0 Å². The van der Waals surface area contributed by atoms with Crippen molar-refractivity contribution in [2.75, 3.05) is 13.1 Å². The van der Waals surface area contributed by atoms with Crippen LogP contribution >= 0.6 is 24.8 Å². The Morgan fingerprint density at radius 2 is 1.94 bits per heavy atom. The zero-order valence-electron chi connectivity index (χ0n) is 8.50. The fourth-order valence-corrected chi connectivity index (χ4v) is 1.90. The number of carboxylic acids is 1. The quantitative estimate of drug-likeness (QED) is 0.846. The fraction of sp³-hybridized carbons (Fsp3) is 0.400. The van der Waals surface area contributed by atoms with E-state index in [1.165, 1.54) is 0 Å². The molecule has 0 bridgehead atoms. The molecule has 0 aliphatic carbocycles. The van der Waals surface area contributed by atoms with Crippen molar-refractivity contribution in [1.82, 2.24) is 10.3 Å². The summed E-state index contributed by atoms with van der Waals surface area (Å²) < 4.78 is 0. The third-order valence-corrected chi connectivity index (χ3v) is 2.67. The molecule has 16 heavy (non-hydrogen) atoms. The lowest BCUT2D eigenvalue weighted by molar-refractivity contribution is -0.141. The average molecular weight is 265 g/mol. The van der Waals surface area contributed by atoms with Crippen LogP contribution in [-0.4, -0.2) is 29.1 Å². The Labute approximate surface area is 106 Å². The number of halogens is 2. The summed E-state index contributed by atoms with van der Waals surface area (Å²) in [7, 11) is 0. The van der Waals surface area contributed by atoms with Gasteiger partial charge in [-0.3, -0.25) is 9.78 Å². The summed E-state index contributed by atoms with van der Waals surface area (Å²) in [5.74, 6) is -0.954. The fourth-order valence-electron chi connectivity index (χ4n) is 1.90. The molecule has 6 heteroatoms. The van der Waals surface area contributed by atoms with Crippen LogP contribution in [0.2, 0.25) is 0 Å². The molecule has 1 aromatic heterocycles. The van der Waals surface area contributed by atoms with Gasteiger partial charge in [-0.2, -0.15) is 0 Å². The smallest absolute Gasteiger partial charge is 0.308 e. The number of carboxylic acid groups (broad SMARTS) is 1. The van der Waals surface area contributed by atoms with Crippen molar-refractivity contribution >= 4 is 30.8 Å². The SMILES string of the molecule is Cl.Cl.O=C(O)[C@@H]1CNC[C@H]1c1ccncc1. The first-order valence-corrected chi connectivity index (χ1v) is 4.62. The standard InChI is InChI=1S/C10H12N2O2.2ClH/c13-10(14)9-6-12-5-8(9)7-1-3-11-4-2-7;;/h1-4,8-9,12H,5-6H2,(H,13,14);2*1H/t8-,9+;;/m0../s1. The van der Waals surface area contributed by atoms with Crippen molar-refractivity contribution in [1.29, 1.82) is 0 Å². The van der Waals surface area contributed by atoms with Crippen molar-refractivity contribution in [2.24, 2.45) is 5.92 Å². The van der Waals surface area contributed by atoms with E-state index in [9.17, 15) is 4.79 Å². The molecule has 2 rings (SSSR count). The molecular weight excluding hydrogens is 251 g/mol. The number of aliphatic carboxylic acids is 1. The molecule has 0 aromatic carbocycles. The minimum absolute atomic E-state index is 0. The lowest BCUT2D eigenvalue weighted by Gasteiger charge is -2.14. The molecular formula is C10H14Cl2N2O2. The second-order valence-corrected chi connectivity index (χ2v) is 3.49. The Morgan fingerprint density at radius 3 is 2.50 bits per heavy atom. The van der Waals surface area contributed by atoms with Gasteiger partial charge >= 0.3 is 5.97 Å². The highest BCUT2D eigenvalue weighted by Gasteiger charge is 2.33. The average Bonchev–Trinajstić information content (AvgIpc) is 2.67. The van der Waals surface area contributed by atoms with Crippen molar-refractivity contribution in [3.63, 3.8) is 0 Å². The Bertz CT molecular complexity index is 335. The van der Waals surface area contributed by atoms with Crippen LogP contribution < -0.4 is 5.32 Å². The molecule has 0 saturated carbocycles. The van der Waals surface area contributed by atoms with Gasteiger partial charge in [0.25, 0.3) is 0 Å². The Morgan fingerprint density at radius 1 is 1.31 bits per heavy atom. The second kappa shape index (κ2) is 6.68. The highest BCUT2D eigenvalue weighted by Crippen LogP contribution is 2.27. The summed E-state index contributed by atoms with van der Waals surface area (Å²) in [6.07, 6.45) is 3.40. The monoisotopic (exact) mass is 264 g/mol. The number of nitrogens with one attached hydrogen (secondary N) is 1. The molecule has 2 N–H and O–H groups in total. The predicted molar refractivity (Wildman–Crippen MR) is 65.5 cm³/mol. The maximum absolute atomic E-state index is 10.9. The van der Waals surface area contributed by atoms with Gasteiger partial charge in [-0.1, -0.05) is 0 Å². The number of nitrogens with zero attached hydrogens (tertiary/aromatic N) is 1. The van der Waals surface area contributed by atoms with Gasteiger partial charge in [0.2, 0.25) is 0 Å². The van der Waals surface area contributed by atoms with Crippen LogP contribution in [0.1, 0.15) is 11.5 Å². The molecule has 0 spiro atoms. The van der Waals surface area contributed by atoms with Gasteiger partial charge in [0, 0.05) is 31.4 Å². The normalized spacial score (nSPS) is 23.0. The van der Waals surface area contributed by atoms with Crippen LogP contribution in [0.25, 0.3) is 0 Å². The molecule has 90 valence electrons.